The number of rotatable bonds is 2. The first-order valence-corrected chi connectivity index (χ1v) is 5.27. The third-order valence-electron chi connectivity index (χ3n) is 2.58. The molecule has 0 aliphatic heterocycles. The summed E-state index contributed by atoms with van der Waals surface area (Å²) >= 11 is 0. The number of para-hydroxylation sites is 2. The molecule has 88 valence electrons. The van der Waals surface area contributed by atoms with Gasteiger partial charge >= 0.3 is 0 Å². The number of nitrogens with two attached hydrogens (primary N) is 1. The van der Waals surface area contributed by atoms with Gasteiger partial charge in [0.1, 0.15) is 12.0 Å². The van der Waals surface area contributed by atoms with Crippen LogP contribution in [-0.2, 0) is 0 Å². The molecule has 0 unspecified atom stereocenters. The van der Waals surface area contributed by atoms with Crippen molar-refractivity contribution >= 4 is 17.3 Å². The highest BCUT2D eigenvalue weighted by Crippen LogP contribution is 2.23. The third-order valence-corrected chi connectivity index (χ3v) is 2.58. The Kier molecular flexibility index (Phi) is 2.87. The number of hydrogen-bond acceptors (Lipinski definition) is 3. The van der Waals surface area contributed by atoms with E-state index in [1.165, 1.54) is 11.2 Å². The number of carbonyl (C=O) groups excluding carboxylic acids is 1. The maximum absolute atomic E-state index is 12.1. The number of carbonyl (C=O) groups is 1. The van der Waals surface area contributed by atoms with Crippen LogP contribution in [0.5, 0.6) is 0 Å². The monoisotopic (exact) mass is 230 g/mol. The molecule has 4 nitrogen and oxygen atoms in total. The molecule has 1 aromatic heterocycles. The summed E-state index contributed by atoms with van der Waals surface area (Å²) in [6.45, 7) is 1.80. The van der Waals surface area contributed by atoms with E-state index in [4.69, 9.17) is 10.2 Å². The fourth-order valence-electron chi connectivity index (χ4n) is 1.65. The van der Waals surface area contributed by atoms with Crippen molar-refractivity contribution in [3.63, 3.8) is 0 Å². The molecule has 0 saturated heterocycles. The minimum Gasteiger partial charge on any atom is -0.469 e. The standard InChI is InChI=1S/C13H14N2O2/c1-9-7-10(8-17-9)13(16)15(2)12-6-4-3-5-11(12)14/h3-8H,14H2,1-2H3. The first-order chi connectivity index (χ1) is 8.09. The molecule has 2 N–H and O–H groups in total. The van der Waals surface area contributed by atoms with Crippen molar-refractivity contribution in [2.75, 3.05) is 17.7 Å². The fourth-order valence-corrected chi connectivity index (χ4v) is 1.65. The topological polar surface area (TPSA) is 59.5 Å². The molecule has 1 aromatic carbocycles. The maximum Gasteiger partial charge on any atom is 0.261 e. The van der Waals surface area contributed by atoms with E-state index in [1.807, 2.05) is 12.1 Å². The molecule has 0 aliphatic rings. The summed E-state index contributed by atoms with van der Waals surface area (Å²) < 4.78 is 5.12. The van der Waals surface area contributed by atoms with Gasteiger partial charge in [-0.05, 0) is 25.1 Å². The van der Waals surface area contributed by atoms with Crippen LogP contribution in [0, 0.1) is 6.92 Å². The Balaban J connectivity index is 2.29. The van der Waals surface area contributed by atoms with Gasteiger partial charge in [0.2, 0.25) is 0 Å². The lowest BCUT2D eigenvalue weighted by atomic mass is 10.2. The van der Waals surface area contributed by atoms with E-state index >= 15 is 0 Å². The van der Waals surface area contributed by atoms with Crippen molar-refractivity contribution in [1.82, 2.24) is 0 Å². The van der Waals surface area contributed by atoms with Crippen LogP contribution in [0.3, 0.4) is 0 Å². The van der Waals surface area contributed by atoms with Crippen LogP contribution < -0.4 is 10.6 Å². The van der Waals surface area contributed by atoms with Gasteiger partial charge in [0.15, 0.2) is 0 Å². The molecular weight excluding hydrogens is 216 g/mol. The van der Waals surface area contributed by atoms with Crippen molar-refractivity contribution in [2.45, 2.75) is 6.92 Å². The van der Waals surface area contributed by atoms with Gasteiger partial charge in [0.05, 0.1) is 16.9 Å². The van der Waals surface area contributed by atoms with Crippen molar-refractivity contribution in [2.24, 2.45) is 0 Å². The van der Waals surface area contributed by atoms with Crippen molar-refractivity contribution in [3.05, 3.63) is 47.9 Å². The number of furan rings is 1. The van der Waals surface area contributed by atoms with Crippen LogP contribution in [0.15, 0.2) is 41.0 Å². The first kappa shape index (κ1) is 11.3. The van der Waals surface area contributed by atoms with Gasteiger partial charge < -0.3 is 15.1 Å². The van der Waals surface area contributed by atoms with Gasteiger partial charge in [-0.1, -0.05) is 12.1 Å². The second-order valence-corrected chi connectivity index (χ2v) is 3.87. The smallest absolute Gasteiger partial charge is 0.261 e. The van der Waals surface area contributed by atoms with E-state index in [9.17, 15) is 4.79 Å². The van der Waals surface area contributed by atoms with E-state index in [2.05, 4.69) is 0 Å². The van der Waals surface area contributed by atoms with E-state index in [-0.39, 0.29) is 5.91 Å². The molecule has 17 heavy (non-hydrogen) atoms. The van der Waals surface area contributed by atoms with Crippen molar-refractivity contribution in [1.29, 1.82) is 0 Å². The van der Waals surface area contributed by atoms with Gasteiger partial charge in [-0.3, -0.25) is 4.79 Å². The van der Waals surface area contributed by atoms with Crippen LogP contribution in [0.4, 0.5) is 11.4 Å². The molecule has 0 atom stereocenters. The molecule has 2 aromatic rings. The summed E-state index contributed by atoms with van der Waals surface area (Å²) in [6, 6.07) is 8.95. The van der Waals surface area contributed by atoms with E-state index in [1.54, 1.807) is 32.2 Å². The van der Waals surface area contributed by atoms with E-state index < -0.39 is 0 Å². The molecule has 0 spiro atoms. The van der Waals surface area contributed by atoms with Crippen molar-refractivity contribution in [3.8, 4) is 0 Å². The fraction of sp³-hybridized carbons (Fsp3) is 0.154. The average molecular weight is 230 g/mol. The molecule has 0 saturated carbocycles. The minimum absolute atomic E-state index is 0.139. The summed E-state index contributed by atoms with van der Waals surface area (Å²) in [5, 5.41) is 0. The second-order valence-electron chi connectivity index (χ2n) is 3.87. The van der Waals surface area contributed by atoms with Crippen LogP contribution >= 0.6 is 0 Å². The van der Waals surface area contributed by atoms with Gasteiger partial charge in [0, 0.05) is 7.05 Å². The van der Waals surface area contributed by atoms with Gasteiger partial charge in [-0.2, -0.15) is 0 Å². The normalized spacial score (nSPS) is 10.2. The minimum atomic E-state index is -0.139. The van der Waals surface area contributed by atoms with E-state index in [0.29, 0.717) is 22.7 Å². The van der Waals surface area contributed by atoms with Gasteiger partial charge in [0.25, 0.3) is 5.91 Å². The second kappa shape index (κ2) is 4.33. The molecule has 4 heteroatoms. The van der Waals surface area contributed by atoms with Crippen LogP contribution in [0.2, 0.25) is 0 Å². The number of anilines is 2. The Labute approximate surface area is 99.6 Å². The Bertz CT molecular complexity index is 546. The van der Waals surface area contributed by atoms with Gasteiger partial charge in [-0.15, -0.1) is 0 Å². The average Bonchev–Trinajstić information content (AvgIpc) is 2.75. The van der Waals surface area contributed by atoms with Crippen LogP contribution in [0.25, 0.3) is 0 Å². The number of benzene rings is 1. The SMILES string of the molecule is Cc1cc(C(=O)N(C)c2ccccc2N)co1. The lowest BCUT2D eigenvalue weighted by Crippen LogP contribution is -2.26. The molecule has 2 rings (SSSR count). The zero-order chi connectivity index (χ0) is 12.4. The number of amides is 1. The lowest BCUT2D eigenvalue weighted by Gasteiger charge is -2.18. The zero-order valence-electron chi connectivity index (χ0n) is 9.81. The molecule has 1 heterocycles. The number of nitrogens with zero attached hydrogens (tertiary/aromatic N) is 1. The zero-order valence-corrected chi connectivity index (χ0v) is 9.81. The Morgan fingerprint density at radius 2 is 2.06 bits per heavy atom. The first-order valence-electron chi connectivity index (χ1n) is 5.27. The number of nitrogen functional groups attached to an aromatic ring is 1. The predicted octanol–water partition coefficient (Wildman–Crippen LogP) is 2.45. The summed E-state index contributed by atoms with van der Waals surface area (Å²) in [5.74, 6) is 0.572. The molecule has 0 fully saturated rings. The molecule has 0 aliphatic carbocycles. The quantitative estimate of drug-likeness (QED) is 0.806. The largest absolute Gasteiger partial charge is 0.469 e. The van der Waals surface area contributed by atoms with Crippen LogP contribution in [0.1, 0.15) is 16.1 Å². The highest BCUT2D eigenvalue weighted by molar-refractivity contribution is 6.07. The number of aryl methyl sites for hydroxylation is 1. The highest BCUT2D eigenvalue weighted by atomic mass is 16.3. The Hall–Kier alpha value is -2.23. The van der Waals surface area contributed by atoms with Crippen molar-refractivity contribution < 1.29 is 9.21 Å². The van der Waals surface area contributed by atoms with Crippen LogP contribution in [-0.4, -0.2) is 13.0 Å². The summed E-state index contributed by atoms with van der Waals surface area (Å²) in [6.07, 6.45) is 1.45. The molecule has 0 radical (unpaired) electrons. The van der Waals surface area contributed by atoms with E-state index in [0.717, 1.165) is 0 Å². The summed E-state index contributed by atoms with van der Waals surface area (Å²) in [5.41, 5.74) is 7.61. The maximum atomic E-state index is 12.1. The third kappa shape index (κ3) is 2.15. The Morgan fingerprint density at radius 1 is 1.35 bits per heavy atom. The molecule has 1 amide bonds. The summed E-state index contributed by atoms with van der Waals surface area (Å²) in [7, 11) is 1.69. The highest BCUT2D eigenvalue weighted by Gasteiger charge is 2.16. The molecular formula is C13H14N2O2. The predicted molar refractivity (Wildman–Crippen MR) is 67.0 cm³/mol. The summed E-state index contributed by atoms with van der Waals surface area (Å²) in [4.78, 5) is 13.6. The number of hydrogen-bond donors (Lipinski definition) is 1. The lowest BCUT2D eigenvalue weighted by molar-refractivity contribution is 0.0992. The molecule has 0 bridgehead atoms. The van der Waals surface area contributed by atoms with Gasteiger partial charge in [-0.25, -0.2) is 0 Å². The Morgan fingerprint density at radius 3 is 2.65 bits per heavy atom.